The van der Waals surface area contributed by atoms with Crippen molar-refractivity contribution in [3.8, 4) is 0 Å². The molecule has 0 heterocycles. The van der Waals surface area contributed by atoms with Crippen molar-refractivity contribution in [3.63, 3.8) is 0 Å². The molecule has 24 heavy (non-hydrogen) atoms. The first-order chi connectivity index (χ1) is 11.6. The van der Waals surface area contributed by atoms with Crippen LogP contribution in [0.5, 0.6) is 0 Å². The molecule has 1 N–H and O–H groups in total. The second-order valence-electron chi connectivity index (χ2n) is 5.83. The van der Waals surface area contributed by atoms with Crippen LogP contribution < -0.4 is 5.32 Å². The van der Waals surface area contributed by atoms with E-state index in [4.69, 9.17) is 4.74 Å². The van der Waals surface area contributed by atoms with Crippen LogP contribution in [0, 0.1) is 5.82 Å². The van der Waals surface area contributed by atoms with E-state index >= 15 is 0 Å². The summed E-state index contributed by atoms with van der Waals surface area (Å²) in [4.78, 5) is 13.9. The number of rotatable bonds is 8. The molecule has 0 radical (unpaired) electrons. The standard InChI is InChI=1S/C19H23FN2O2/c1-22(12-16-6-4-8-18(20)10-16)13-19(23)21-11-15-5-3-7-17(9-15)14-24-2/h3-10H,11-14H2,1-2H3,(H,21,23). The van der Waals surface area contributed by atoms with Gasteiger partial charge in [-0.15, -0.1) is 0 Å². The zero-order valence-electron chi connectivity index (χ0n) is 14.1. The number of halogens is 1. The van der Waals surface area contributed by atoms with E-state index in [1.807, 2.05) is 42.3 Å². The lowest BCUT2D eigenvalue weighted by Crippen LogP contribution is -2.34. The monoisotopic (exact) mass is 330 g/mol. The molecule has 128 valence electrons. The fourth-order valence-electron chi connectivity index (χ4n) is 2.50. The molecule has 0 bridgehead atoms. The Kier molecular flexibility index (Phi) is 6.90. The third-order valence-electron chi connectivity index (χ3n) is 3.55. The van der Waals surface area contributed by atoms with Crippen molar-refractivity contribution in [3.05, 3.63) is 71.0 Å². The fourth-order valence-corrected chi connectivity index (χ4v) is 2.50. The van der Waals surface area contributed by atoms with Gasteiger partial charge < -0.3 is 10.1 Å². The number of methoxy groups -OCH3 is 1. The summed E-state index contributed by atoms with van der Waals surface area (Å²) in [5.74, 6) is -0.327. The first-order valence-corrected chi connectivity index (χ1v) is 7.83. The van der Waals surface area contributed by atoms with Gasteiger partial charge in [0.2, 0.25) is 5.91 Å². The van der Waals surface area contributed by atoms with Gasteiger partial charge >= 0.3 is 0 Å². The van der Waals surface area contributed by atoms with Crippen LogP contribution in [-0.2, 0) is 29.2 Å². The summed E-state index contributed by atoms with van der Waals surface area (Å²) in [5, 5.41) is 2.90. The second-order valence-corrected chi connectivity index (χ2v) is 5.83. The van der Waals surface area contributed by atoms with Gasteiger partial charge in [0.25, 0.3) is 0 Å². The molecule has 0 spiro atoms. The lowest BCUT2D eigenvalue weighted by Gasteiger charge is -2.16. The molecule has 0 saturated heterocycles. The Morgan fingerprint density at radius 3 is 2.58 bits per heavy atom. The minimum Gasteiger partial charge on any atom is -0.380 e. The molecular weight excluding hydrogens is 307 g/mol. The summed E-state index contributed by atoms with van der Waals surface area (Å²) < 4.78 is 18.3. The molecule has 0 unspecified atom stereocenters. The highest BCUT2D eigenvalue weighted by atomic mass is 19.1. The Hall–Kier alpha value is -2.24. The van der Waals surface area contributed by atoms with Gasteiger partial charge in [0.05, 0.1) is 13.2 Å². The number of hydrogen-bond acceptors (Lipinski definition) is 3. The third-order valence-corrected chi connectivity index (χ3v) is 3.55. The molecule has 1 amide bonds. The molecule has 0 aliphatic rings. The van der Waals surface area contributed by atoms with Crippen LogP contribution in [0.1, 0.15) is 16.7 Å². The lowest BCUT2D eigenvalue weighted by molar-refractivity contribution is -0.122. The Bertz CT molecular complexity index is 676. The average molecular weight is 330 g/mol. The van der Waals surface area contributed by atoms with Crippen LogP contribution in [-0.4, -0.2) is 31.5 Å². The number of carbonyl (C=O) groups is 1. The molecular formula is C19H23FN2O2. The number of amides is 1. The molecule has 0 aliphatic heterocycles. The molecule has 5 heteroatoms. The summed E-state index contributed by atoms with van der Waals surface area (Å²) in [6.45, 7) is 1.81. The van der Waals surface area contributed by atoms with E-state index in [9.17, 15) is 9.18 Å². The first kappa shape index (κ1) is 18.1. The number of benzene rings is 2. The molecule has 0 fully saturated rings. The maximum absolute atomic E-state index is 13.2. The first-order valence-electron chi connectivity index (χ1n) is 7.83. The zero-order chi connectivity index (χ0) is 17.4. The highest BCUT2D eigenvalue weighted by molar-refractivity contribution is 5.77. The maximum Gasteiger partial charge on any atom is 0.234 e. The van der Waals surface area contributed by atoms with E-state index in [1.165, 1.54) is 12.1 Å². The van der Waals surface area contributed by atoms with Gasteiger partial charge in [0.15, 0.2) is 0 Å². The minimum absolute atomic E-state index is 0.0638. The summed E-state index contributed by atoms with van der Waals surface area (Å²) in [6, 6.07) is 14.3. The summed E-state index contributed by atoms with van der Waals surface area (Å²) in [7, 11) is 3.49. The zero-order valence-corrected chi connectivity index (χ0v) is 14.1. The molecule has 0 aliphatic carbocycles. The van der Waals surface area contributed by atoms with Crippen molar-refractivity contribution in [2.24, 2.45) is 0 Å². The van der Waals surface area contributed by atoms with Crippen LogP contribution in [0.25, 0.3) is 0 Å². The van der Waals surface area contributed by atoms with Crippen molar-refractivity contribution in [1.29, 1.82) is 0 Å². The third kappa shape index (κ3) is 6.10. The smallest absolute Gasteiger partial charge is 0.234 e. The number of likely N-dealkylation sites (N-methyl/N-ethyl adjacent to an activating group) is 1. The van der Waals surface area contributed by atoms with E-state index in [0.29, 0.717) is 19.7 Å². The van der Waals surface area contributed by atoms with Crippen molar-refractivity contribution in [1.82, 2.24) is 10.2 Å². The Balaban J connectivity index is 1.79. The number of ether oxygens (including phenoxy) is 1. The van der Waals surface area contributed by atoms with Gasteiger partial charge in [-0.2, -0.15) is 0 Å². The number of nitrogens with one attached hydrogen (secondary N) is 1. The molecule has 0 atom stereocenters. The Morgan fingerprint density at radius 2 is 1.83 bits per heavy atom. The van der Waals surface area contributed by atoms with E-state index in [2.05, 4.69) is 5.32 Å². The van der Waals surface area contributed by atoms with Crippen LogP contribution >= 0.6 is 0 Å². The SMILES string of the molecule is COCc1cccc(CNC(=O)CN(C)Cc2cccc(F)c2)c1. The Morgan fingerprint density at radius 1 is 1.12 bits per heavy atom. The largest absolute Gasteiger partial charge is 0.380 e. The number of carbonyl (C=O) groups excluding carboxylic acids is 1. The van der Waals surface area contributed by atoms with E-state index in [0.717, 1.165) is 16.7 Å². The van der Waals surface area contributed by atoms with Crippen molar-refractivity contribution >= 4 is 5.91 Å². The predicted octanol–water partition coefficient (Wildman–Crippen LogP) is 2.72. The quantitative estimate of drug-likeness (QED) is 0.809. The number of hydrogen-bond donors (Lipinski definition) is 1. The van der Waals surface area contributed by atoms with E-state index in [1.54, 1.807) is 13.2 Å². The van der Waals surface area contributed by atoms with Gasteiger partial charge in [-0.05, 0) is 35.9 Å². The normalized spacial score (nSPS) is 10.8. The summed E-state index contributed by atoms with van der Waals surface area (Å²) >= 11 is 0. The highest BCUT2D eigenvalue weighted by Crippen LogP contribution is 2.07. The van der Waals surface area contributed by atoms with Crippen LogP contribution in [0.2, 0.25) is 0 Å². The summed E-state index contributed by atoms with van der Waals surface area (Å²) in [5.41, 5.74) is 2.95. The van der Waals surface area contributed by atoms with Crippen molar-refractivity contribution < 1.29 is 13.9 Å². The van der Waals surface area contributed by atoms with Gasteiger partial charge in [-0.1, -0.05) is 36.4 Å². The molecule has 2 rings (SSSR count). The van der Waals surface area contributed by atoms with E-state index < -0.39 is 0 Å². The van der Waals surface area contributed by atoms with Crippen LogP contribution in [0.3, 0.4) is 0 Å². The number of nitrogens with zero attached hydrogens (tertiary/aromatic N) is 1. The molecule has 0 saturated carbocycles. The Labute approximate surface area is 142 Å². The van der Waals surface area contributed by atoms with E-state index in [-0.39, 0.29) is 18.3 Å². The van der Waals surface area contributed by atoms with Crippen molar-refractivity contribution in [2.45, 2.75) is 19.7 Å². The predicted molar refractivity (Wildman–Crippen MR) is 91.7 cm³/mol. The van der Waals surface area contributed by atoms with Gasteiger partial charge in [-0.25, -0.2) is 4.39 Å². The van der Waals surface area contributed by atoms with Gasteiger partial charge in [0.1, 0.15) is 5.82 Å². The molecule has 4 nitrogen and oxygen atoms in total. The van der Waals surface area contributed by atoms with Crippen LogP contribution in [0.15, 0.2) is 48.5 Å². The minimum atomic E-state index is -0.263. The summed E-state index contributed by atoms with van der Waals surface area (Å²) in [6.07, 6.45) is 0. The van der Waals surface area contributed by atoms with Crippen molar-refractivity contribution in [2.75, 3.05) is 20.7 Å². The average Bonchev–Trinajstić information content (AvgIpc) is 2.53. The second kappa shape index (κ2) is 9.15. The van der Waals surface area contributed by atoms with Gasteiger partial charge in [0, 0.05) is 20.2 Å². The van der Waals surface area contributed by atoms with Crippen LogP contribution in [0.4, 0.5) is 4.39 Å². The molecule has 2 aromatic carbocycles. The molecule has 0 aromatic heterocycles. The fraction of sp³-hybridized carbons (Fsp3) is 0.316. The molecule has 2 aromatic rings. The maximum atomic E-state index is 13.2. The van der Waals surface area contributed by atoms with Gasteiger partial charge in [-0.3, -0.25) is 9.69 Å². The highest BCUT2D eigenvalue weighted by Gasteiger charge is 2.08. The lowest BCUT2D eigenvalue weighted by atomic mass is 10.1. The topological polar surface area (TPSA) is 41.6 Å².